The Labute approximate surface area is 111 Å². The van der Waals surface area contributed by atoms with Gasteiger partial charge >= 0.3 is 0 Å². The second kappa shape index (κ2) is 4.87. The van der Waals surface area contributed by atoms with Gasteiger partial charge in [0.25, 0.3) is 0 Å². The van der Waals surface area contributed by atoms with E-state index < -0.39 is 0 Å². The van der Waals surface area contributed by atoms with Crippen LogP contribution in [0.5, 0.6) is 11.5 Å². The lowest BCUT2D eigenvalue weighted by molar-refractivity contribution is -0.120. The third-order valence-corrected chi connectivity index (χ3v) is 3.34. The monoisotopic (exact) mass is 263 g/mol. The number of amides is 1. The molecule has 6 heteroatoms. The molecular formula is C13H17N3O3. The molecule has 2 aliphatic rings. The van der Waals surface area contributed by atoms with Crippen LogP contribution in [0.15, 0.2) is 12.1 Å². The van der Waals surface area contributed by atoms with Crippen LogP contribution in [0.25, 0.3) is 0 Å². The SMILES string of the molecule is Nc1cc2c(cc1N1CCNC(=O)CC1)OCCO2. The minimum absolute atomic E-state index is 0.0821. The number of ether oxygens (including phenoxy) is 2. The average molecular weight is 263 g/mol. The Morgan fingerprint density at radius 2 is 1.89 bits per heavy atom. The van der Waals surface area contributed by atoms with Gasteiger partial charge in [0.15, 0.2) is 11.5 Å². The van der Waals surface area contributed by atoms with E-state index in [1.807, 2.05) is 6.07 Å². The second-order valence-corrected chi connectivity index (χ2v) is 4.64. The van der Waals surface area contributed by atoms with Crippen molar-refractivity contribution in [1.82, 2.24) is 5.32 Å². The predicted molar refractivity (Wildman–Crippen MR) is 71.7 cm³/mol. The molecule has 3 N–H and O–H groups in total. The van der Waals surface area contributed by atoms with Crippen LogP contribution in [0.2, 0.25) is 0 Å². The number of carbonyl (C=O) groups excluding carboxylic acids is 1. The summed E-state index contributed by atoms with van der Waals surface area (Å²) in [5.74, 6) is 1.49. The maximum Gasteiger partial charge on any atom is 0.221 e. The van der Waals surface area contributed by atoms with Crippen LogP contribution in [-0.4, -0.2) is 38.8 Å². The van der Waals surface area contributed by atoms with Crippen LogP contribution in [0.1, 0.15) is 6.42 Å². The van der Waals surface area contributed by atoms with Gasteiger partial charge in [0.1, 0.15) is 13.2 Å². The van der Waals surface area contributed by atoms with Gasteiger partial charge in [0.2, 0.25) is 5.91 Å². The summed E-state index contributed by atoms with van der Waals surface area (Å²) in [7, 11) is 0. The predicted octanol–water partition coefficient (Wildman–Crippen LogP) is 0.366. The van der Waals surface area contributed by atoms with Crippen LogP contribution in [0, 0.1) is 0 Å². The minimum Gasteiger partial charge on any atom is -0.486 e. The molecule has 0 aromatic heterocycles. The highest BCUT2D eigenvalue weighted by molar-refractivity contribution is 5.79. The molecule has 0 unspecified atom stereocenters. The first-order valence-electron chi connectivity index (χ1n) is 6.45. The Hall–Kier alpha value is -2.11. The van der Waals surface area contributed by atoms with Gasteiger partial charge in [0, 0.05) is 38.2 Å². The van der Waals surface area contributed by atoms with Gasteiger partial charge in [-0.05, 0) is 0 Å². The topological polar surface area (TPSA) is 76.8 Å². The molecule has 0 atom stereocenters. The molecule has 6 nitrogen and oxygen atoms in total. The third kappa shape index (κ3) is 2.38. The van der Waals surface area contributed by atoms with Gasteiger partial charge in [-0.1, -0.05) is 0 Å². The maximum atomic E-state index is 11.4. The van der Waals surface area contributed by atoms with Crippen molar-refractivity contribution in [2.24, 2.45) is 0 Å². The lowest BCUT2D eigenvalue weighted by Crippen LogP contribution is -2.29. The smallest absolute Gasteiger partial charge is 0.221 e. The first-order valence-corrected chi connectivity index (χ1v) is 6.45. The standard InChI is InChI=1S/C13H17N3O3/c14-9-7-11-12(19-6-5-18-11)8-10(9)16-3-1-13(17)15-2-4-16/h7-8H,1-6,14H2,(H,15,17). The maximum absolute atomic E-state index is 11.4. The van der Waals surface area contributed by atoms with Gasteiger partial charge in [-0.25, -0.2) is 0 Å². The zero-order valence-electron chi connectivity index (χ0n) is 10.6. The number of benzene rings is 1. The average Bonchev–Trinajstić information content (AvgIpc) is 2.63. The first kappa shape index (κ1) is 12.0. The van der Waals surface area contributed by atoms with Crippen LogP contribution < -0.4 is 25.4 Å². The van der Waals surface area contributed by atoms with E-state index >= 15 is 0 Å². The zero-order chi connectivity index (χ0) is 13.2. The Morgan fingerprint density at radius 3 is 2.68 bits per heavy atom. The lowest BCUT2D eigenvalue weighted by Gasteiger charge is -2.26. The third-order valence-electron chi connectivity index (χ3n) is 3.34. The number of fused-ring (bicyclic) bond motifs is 1. The van der Waals surface area contributed by atoms with Crippen molar-refractivity contribution < 1.29 is 14.3 Å². The molecule has 1 saturated heterocycles. The fraction of sp³-hybridized carbons (Fsp3) is 0.462. The summed E-state index contributed by atoms with van der Waals surface area (Å²) in [5, 5.41) is 2.85. The van der Waals surface area contributed by atoms with Gasteiger partial charge in [-0.3, -0.25) is 4.79 Å². The highest BCUT2D eigenvalue weighted by Gasteiger charge is 2.20. The van der Waals surface area contributed by atoms with E-state index in [9.17, 15) is 4.79 Å². The Bertz CT molecular complexity index is 504. The van der Waals surface area contributed by atoms with Crippen molar-refractivity contribution >= 4 is 17.3 Å². The largest absolute Gasteiger partial charge is 0.486 e. The molecule has 1 amide bonds. The Morgan fingerprint density at radius 1 is 1.16 bits per heavy atom. The molecule has 1 aromatic rings. The van der Waals surface area contributed by atoms with E-state index in [0.29, 0.717) is 44.2 Å². The summed E-state index contributed by atoms with van der Waals surface area (Å²) < 4.78 is 11.1. The highest BCUT2D eigenvalue weighted by Crippen LogP contribution is 2.38. The van der Waals surface area contributed by atoms with Crippen molar-refractivity contribution in [3.05, 3.63) is 12.1 Å². The molecule has 19 heavy (non-hydrogen) atoms. The summed E-state index contributed by atoms with van der Waals surface area (Å²) in [6.45, 7) is 3.14. The van der Waals surface area contributed by atoms with Crippen LogP contribution >= 0.6 is 0 Å². The number of nitrogens with one attached hydrogen (secondary N) is 1. The number of hydrogen-bond donors (Lipinski definition) is 2. The van der Waals surface area contributed by atoms with Crippen LogP contribution in [0.4, 0.5) is 11.4 Å². The van der Waals surface area contributed by atoms with Crippen LogP contribution in [0.3, 0.4) is 0 Å². The van der Waals surface area contributed by atoms with E-state index in [1.54, 1.807) is 6.07 Å². The lowest BCUT2D eigenvalue weighted by atomic mass is 10.2. The minimum atomic E-state index is 0.0821. The van der Waals surface area contributed by atoms with Gasteiger partial charge in [-0.15, -0.1) is 0 Å². The van der Waals surface area contributed by atoms with Crippen molar-refractivity contribution in [3.63, 3.8) is 0 Å². The quantitative estimate of drug-likeness (QED) is 0.716. The molecule has 0 radical (unpaired) electrons. The molecule has 3 rings (SSSR count). The molecule has 1 aromatic carbocycles. The molecular weight excluding hydrogens is 246 g/mol. The summed E-state index contributed by atoms with van der Waals surface area (Å²) in [6.07, 6.45) is 0.480. The van der Waals surface area contributed by atoms with Crippen molar-refractivity contribution in [2.45, 2.75) is 6.42 Å². The summed E-state index contributed by atoms with van der Waals surface area (Å²) in [4.78, 5) is 13.5. The Kier molecular flexibility index (Phi) is 3.06. The molecule has 0 spiro atoms. The van der Waals surface area contributed by atoms with E-state index in [1.165, 1.54) is 0 Å². The van der Waals surface area contributed by atoms with Crippen molar-refractivity contribution in [3.8, 4) is 11.5 Å². The van der Waals surface area contributed by atoms with Gasteiger partial charge in [-0.2, -0.15) is 0 Å². The first-order chi connectivity index (χ1) is 9.24. The molecule has 2 heterocycles. The number of nitrogens with two attached hydrogens (primary N) is 1. The summed E-state index contributed by atoms with van der Waals surface area (Å²) in [5.41, 5.74) is 7.63. The number of hydrogen-bond acceptors (Lipinski definition) is 5. The van der Waals surface area contributed by atoms with E-state index in [2.05, 4.69) is 10.2 Å². The molecule has 0 bridgehead atoms. The number of nitrogen functional groups attached to an aromatic ring is 1. The molecule has 0 aliphatic carbocycles. The number of rotatable bonds is 1. The number of carbonyl (C=O) groups is 1. The summed E-state index contributed by atoms with van der Waals surface area (Å²) >= 11 is 0. The highest BCUT2D eigenvalue weighted by atomic mass is 16.6. The molecule has 1 fully saturated rings. The zero-order valence-corrected chi connectivity index (χ0v) is 10.6. The number of anilines is 2. The molecule has 2 aliphatic heterocycles. The normalized spacial score (nSPS) is 18.7. The fourth-order valence-corrected chi connectivity index (χ4v) is 2.38. The Balaban J connectivity index is 1.89. The van der Waals surface area contributed by atoms with E-state index in [4.69, 9.17) is 15.2 Å². The fourth-order valence-electron chi connectivity index (χ4n) is 2.38. The van der Waals surface area contributed by atoms with Crippen LogP contribution in [-0.2, 0) is 4.79 Å². The van der Waals surface area contributed by atoms with Gasteiger partial charge in [0.05, 0.1) is 11.4 Å². The summed E-state index contributed by atoms with van der Waals surface area (Å²) in [6, 6.07) is 3.70. The van der Waals surface area contributed by atoms with E-state index in [-0.39, 0.29) is 5.91 Å². The van der Waals surface area contributed by atoms with Crippen molar-refractivity contribution in [2.75, 3.05) is 43.5 Å². The molecule has 102 valence electrons. The molecule has 0 saturated carbocycles. The van der Waals surface area contributed by atoms with Crippen molar-refractivity contribution in [1.29, 1.82) is 0 Å². The number of nitrogens with zero attached hydrogens (tertiary/aromatic N) is 1. The van der Waals surface area contributed by atoms with Gasteiger partial charge < -0.3 is 25.4 Å². The van der Waals surface area contributed by atoms with E-state index in [0.717, 1.165) is 18.0 Å². The second-order valence-electron chi connectivity index (χ2n) is 4.64.